The molecule has 1 aromatic heterocycles. The van der Waals surface area contributed by atoms with E-state index in [9.17, 15) is 14.4 Å². The van der Waals surface area contributed by atoms with Crippen LogP contribution in [0, 0.1) is 20.8 Å². The third-order valence-electron chi connectivity index (χ3n) is 5.36. The molecule has 0 aliphatic rings. The molecule has 0 atom stereocenters. The predicted octanol–water partition coefficient (Wildman–Crippen LogP) is 5.18. The number of carbonyl (C=O) groups is 2. The molecule has 4 heteroatoms. The van der Waals surface area contributed by atoms with Crippen molar-refractivity contribution in [3.05, 3.63) is 116 Å². The molecular formula is C26H20O4. The molecule has 0 N–H and O–H groups in total. The summed E-state index contributed by atoms with van der Waals surface area (Å²) < 4.78 is 5.53. The molecule has 0 fully saturated rings. The topological polar surface area (TPSA) is 64.3 Å². The van der Waals surface area contributed by atoms with Gasteiger partial charge in [0.1, 0.15) is 11.1 Å². The molecule has 0 saturated carbocycles. The largest absolute Gasteiger partial charge is 0.422 e. The number of para-hydroxylation sites is 1. The van der Waals surface area contributed by atoms with E-state index in [1.54, 1.807) is 62.4 Å². The van der Waals surface area contributed by atoms with E-state index >= 15 is 0 Å². The fourth-order valence-electron chi connectivity index (χ4n) is 3.73. The van der Waals surface area contributed by atoms with Gasteiger partial charge in [-0.1, -0.05) is 66.7 Å². The monoisotopic (exact) mass is 396 g/mol. The van der Waals surface area contributed by atoms with E-state index in [-0.39, 0.29) is 16.9 Å². The zero-order chi connectivity index (χ0) is 21.4. The number of rotatable bonds is 4. The molecule has 4 nitrogen and oxygen atoms in total. The van der Waals surface area contributed by atoms with Crippen molar-refractivity contribution in [2.45, 2.75) is 20.8 Å². The van der Waals surface area contributed by atoms with Gasteiger partial charge in [-0.05, 0) is 37.5 Å². The lowest BCUT2D eigenvalue weighted by Gasteiger charge is -2.13. The zero-order valence-corrected chi connectivity index (χ0v) is 17.0. The maximum atomic E-state index is 13.7. The SMILES string of the molecule is Cc1ccccc1C(=O)c1c(C(=O)c2ccccc2C)c2cccc(C)c2oc1=O. The third-order valence-corrected chi connectivity index (χ3v) is 5.36. The number of aryl methyl sites for hydroxylation is 3. The van der Waals surface area contributed by atoms with Crippen LogP contribution in [-0.2, 0) is 0 Å². The van der Waals surface area contributed by atoms with Crippen LogP contribution in [-0.4, -0.2) is 11.6 Å². The average Bonchev–Trinajstić information content (AvgIpc) is 2.73. The molecule has 0 unspecified atom stereocenters. The molecule has 0 bridgehead atoms. The highest BCUT2D eigenvalue weighted by molar-refractivity contribution is 6.24. The fourth-order valence-corrected chi connectivity index (χ4v) is 3.73. The van der Waals surface area contributed by atoms with Crippen LogP contribution in [0.5, 0.6) is 0 Å². The van der Waals surface area contributed by atoms with Gasteiger partial charge in [0.25, 0.3) is 0 Å². The minimum absolute atomic E-state index is 0.0903. The van der Waals surface area contributed by atoms with Crippen LogP contribution in [0.3, 0.4) is 0 Å². The van der Waals surface area contributed by atoms with Gasteiger partial charge >= 0.3 is 5.63 Å². The van der Waals surface area contributed by atoms with E-state index in [0.29, 0.717) is 22.1 Å². The van der Waals surface area contributed by atoms with Crippen LogP contribution in [0.15, 0.2) is 75.9 Å². The molecule has 148 valence electrons. The first kappa shape index (κ1) is 19.5. The summed E-state index contributed by atoms with van der Waals surface area (Å²) in [7, 11) is 0. The molecule has 4 rings (SSSR count). The number of carbonyl (C=O) groups excluding carboxylic acids is 2. The van der Waals surface area contributed by atoms with Crippen molar-refractivity contribution in [3.63, 3.8) is 0 Å². The van der Waals surface area contributed by atoms with E-state index in [2.05, 4.69) is 0 Å². The Hall–Kier alpha value is -3.79. The first-order valence-electron chi connectivity index (χ1n) is 9.67. The lowest BCUT2D eigenvalue weighted by atomic mass is 9.89. The summed E-state index contributed by atoms with van der Waals surface area (Å²) in [6.45, 7) is 5.42. The minimum atomic E-state index is -0.804. The smallest absolute Gasteiger partial charge is 0.348 e. The molecule has 4 aromatic rings. The average molecular weight is 396 g/mol. The Kier molecular flexibility index (Phi) is 4.92. The standard InChI is InChI=1S/C26H20O4/c1-15-9-4-6-12-18(15)23(27)21-20-14-8-11-17(3)25(20)30-26(29)22(21)24(28)19-13-7-5-10-16(19)2/h4-14H,1-3H3. The molecule has 0 spiro atoms. The highest BCUT2D eigenvalue weighted by Crippen LogP contribution is 2.28. The number of hydrogen-bond donors (Lipinski definition) is 0. The zero-order valence-electron chi connectivity index (χ0n) is 17.0. The predicted molar refractivity (Wildman–Crippen MR) is 116 cm³/mol. The highest BCUT2D eigenvalue weighted by Gasteiger charge is 2.28. The molecule has 0 aliphatic heterocycles. The summed E-state index contributed by atoms with van der Waals surface area (Å²) in [5.74, 6) is -0.879. The van der Waals surface area contributed by atoms with Gasteiger partial charge in [-0.3, -0.25) is 9.59 Å². The van der Waals surface area contributed by atoms with Gasteiger partial charge in [0.05, 0.1) is 5.56 Å². The molecule has 0 saturated heterocycles. The lowest BCUT2D eigenvalue weighted by molar-refractivity contribution is 0.100. The van der Waals surface area contributed by atoms with Gasteiger partial charge in [-0.15, -0.1) is 0 Å². The van der Waals surface area contributed by atoms with E-state index in [0.717, 1.165) is 16.7 Å². The van der Waals surface area contributed by atoms with Crippen molar-refractivity contribution in [1.29, 1.82) is 0 Å². The van der Waals surface area contributed by atoms with Crippen LogP contribution >= 0.6 is 0 Å². The van der Waals surface area contributed by atoms with Gasteiger partial charge in [-0.2, -0.15) is 0 Å². The Bertz CT molecular complexity index is 1380. The Morgan fingerprint density at radius 1 is 0.633 bits per heavy atom. The molecule has 0 aliphatic carbocycles. The Balaban J connectivity index is 2.10. The number of fused-ring (bicyclic) bond motifs is 1. The van der Waals surface area contributed by atoms with Gasteiger partial charge in [0, 0.05) is 16.5 Å². The molecule has 30 heavy (non-hydrogen) atoms. The van der Waals surface area contributed by atoms with Crippen LogP contribution < -0.4 is 5.63 Å². The van der Waals surface area contributed by atoms with Crippen LogP contribution in [0.1, 0.15) is 48.5 Å². The van der Waals surface area contributed by atoms with Crippen LogP contribution in [0.2, 0.25) is 0 Å². The number of ketones is 2. The second-order valence-corrected chi connectivity index (χ2v) is 7.38. The van der Waals surface area contributed by atoms with E-state index in [1.165, 1.54) is 0 Å². The summed E-state index contributed by atoms with van der Waals surface area (Å²) in [6, 6.07) is 19.4. The second-order valence-electron chi connectivity index (χ2n) is 7.38. The first-order valence-corrected chi connectivity index (χ1v) is 9.67. The molecule has 1 heterocycles. The maximum absolute atomic E-state index is 13.7. The van der Waals surface area contributed by atoms with Crippen molar-refractivity contribution in [3.8, 4) is 0 Å². The van der Waals surface area contributed by atoms with E-state index in [1.807, 2.05) is 25.1 Å². The number of benzene rings is 3. The van der Waals surface area contributed by atoms with Gasteiger partial charge in [0.2, 0.25) is 5.78 Å². The van der Waals surface area contributed by atoms with Gasteiger partial charge in [-0.25, -0.2) is 4.79 Å². The summed E-state index contributed by atoms with van der Waals surface area (Å²) in [5, 5.41) is 0.458. The Morgan fingerprint density at radius 3 is 1.70 bits per heavy atom. The second kappa shape index (κ2) is 7.56. The van der Waals surface area contributed by atoms with Crippen LogP contribution in [0.4, 0.5) is 0 Å². The van der Waals surface area contributed by atoms with Crippen molar-refractivity contribution in [2.75, 3.05) is 0 Å². The van der Waals surface area contributed by atoms with Crippen molar-refractivity contribution in [2.24, 2.45) is 0 Å². The van der Waals surface area contributed by atoms with Crippen molar-refractivity contribution >= 4 is 22.5 Å². The molecule has 3 aromatic carbocycles. The Morgan fingerprint density at radius 2 is 1.13 bits per heavy atom. The maximum Gasteiger partial charge on any atom is 0.348 e. The van der Waals surface area contributed by atoms with E-state index in [4.69, 9.17) is 4.42 Å². The first-order chi connectivity index (χ1) is 14.4. The summed E-state index contributed by atoms with van der Waals surface area (Å²) >= 11 is 0. The summed E-state index contributed by atoms with van der Waals surface area (Å²) in [4.78, 5) is 40.1. The summed E-state index contributed by atoms with van der Waals surface area (Å²) in [6.07, 6.45) is 0. The van der Waals surface area contributed by atoms with Crippen molar-refractivity contribution in [1.82, 2.24) is 0 Å². The highest BCUT2D eigenvalue weighted by atomic mass is 16.4. The molecule has 0 radical (unpaired) electrons. The van der Waals surface area contributed by atoms with E-state index < -0.39 is 11.4 Å². The lowest BCUT2D eigenvalue weighted by Crippen LogP contribution is -2.22. The molecule has 0 amide bonds. The molecular weight excluding hydrogens is 376 g/mol. The minimum Gasteiger partial charge on any atom is -0.422 e. The fraction of sp³-hybridized carbons (Fsp3) is 0.115. The third kappa shape index (κ3) is 3.16. The van der Waals surface area contributed by atoms with Gasteiger partial charge < -0.3 is 4.42 Å². The quantitative estimate of drug-likeness (QED) is 0.352. The summed E-state index contributed by atoms with van der Waals surface area (Å²) in [5.41, 5.74) is 2.41. The Labute approximate surface area is 173 Å². The normalized spacial score (nSPS) is 10.9. The number of hydrogen-bond acceptors (Lipinski definition) is 4. The van der Waals surface area contributed by atoms with Crippen LogP contribution in [0.25, 0.3) is 11.0 Å². The van der Waals surface area contributed by atoms with Gasteiger partial charge in [0.15, 0.2) is 5.78 Å². The van der Waals surface area contributed by atoms with Crippen molar-refractivity contribution < 1.29 is 14.0 Å².